The lowest BCUT2D eigenvalue weighted by atomic mass is 9.88. The van der Waals surface area contributed by atoms with E-state index in [0.717, 1.165) is 54.7 Å². The minimum Gasteiger partial charge on any atom is -0.324 e. The van der Waals surface area contributed by atoms with Crippen LogP contribution in [0.15, 0.2) is 79.1 Å². The summed E-state index contributed by atoms with van der Waals surface area (Å²) in [7, 11) is -3.99. The second kappa shape index (κ2) is 15.0. The van der Waals surface area contributed by atoms with Crippen molar-refractivity contribution in [2.75, 3.05) is 25.0 Å². The second-order valence-electron chi connectivity index (χ2n) is 11.7. The summed E-state index contributed by atoms with van der Waals surface area (Å²) in [6.07, 6.45) is -2.66. The third-order valence-electron chi connectivity index (χ3n) is 8.24. The van der Waals surface area contributed by atoms with Crippen LogP contribution in [0.25, 0.3) is 0 Å². The molecule has 15 heteroatoms. The van der Waals surface area contributed by atoms with Gasteiger partial charge in [0.15, 0.2) is 0 Å². The lowest BCUT2D eigenvalue weighted by molar-refractivity contribution is -0.137. The number of carbonyl (C=O) groups excluding carboxylic acids is 1. The topological polar surface area (TPSA) is 91.4 Å². The smallest absolute Gasteiger partial charge is 0.324 e. The molecule has 2 atom stereocenters. The zero-order valence-electron chi connectivity index (χ0n) is 25.8. The second-order valence-corrected chi connectivity index (χ2v) is 13.6. The molecule has 5 rings (SSSR count). The molecule has 0 unspecified atom stereocenters. The molecular formula is C34H31F7N4O3S. The first-order valence-electron chi connectivity index (χ1n) is 15.2. The molecule has 1 aromatic heterocycles. The summed E-state index contributed by atoms with van der Waals surface area (Å²) in [6.45, 7) is 0.643. The van der Waals surface area contributed by atoms with Crippen molar-refractivity contribution in [1.82, 2.24) is 14.6 Å². The number of hydrogen-bond donors (Lipinski definition) is 2. The molecule has 1 fully saturated rings. The van der Waals surface area contributed by atoms with Crippen LogP contribution in [-0.4, -0.2) is 49.3 Å². The highest BCUT2D eigenvalue weighted by Gasteiger charge is 2.34. The van der Waals surface area contributed by atoms with Crippen LogP contribution in [0, 0.1) is 23.3 Å². The molecule has 1 amide bonds. The molecule has 2 N–H and O–H groups in total. The van der Waals surface area contributed by atoms with E-state index in [-0.39, 0.29) is 54.7 Å². The quantitative estimate of drug-likeness (QED) is 0.173. The van der Waals surface area contributed by atoms with Gasteiger partial charge in [0.1, 0.15) is 23.3 Å². The Kier molecular flexibility index (Phi) is 11.0. The van der Waals surface area contributed by atoms with Gasteiger partial charge in [0.25, 0.3) is 0 Å². The number of sulfonamides is 1. The van der Waals surface area contributed by atoms with Crippen molar-refractivity contribution in [3.63, 3.8) is 0 Å². The third kappa shape index (κ3) is 9.22. The largest absolute Gasteiger partial charge is 0.416 e. The van der Waals surface area contributed by atoms with Gasteiger partial charge in [-0.25, -0.2) is 26.0 Å². The van der Waals surface area contributed by atoms with E-state index in [2.05, 4.69) is 15.6 Å². The first kappa shape index (κ1) is 36.0. The fraction of sp³-hybridized carbons (Fsp3) is 0.294. The van der Waals surface area contributed by atoms with Gasteiger partial charge in [0, 0.05) is 49.6 Å². The van der Waals surface area contributed by atoms with E-state index < -0.39 is 68.7 Å². The minimum absolute atomic E-state index is 0.0104. The maximum Gasteiger partial charge on any atom is 0.416 e. The standard InChI is InChI=1S/C34H31F7N4O3S/c35-25-7-3-22(4-8-25)30(23-13-26(36)15-27(37)14-23)16-33(46)44-32-19-43-18-31(38)29(32)10-9-28-17-42-11-12-45(28)49(47,48)20-21-1-5-24(6-2-21)34(39,40)41/h1-8,13-15,18-19,28,30,42H,9-12,16-17,20H2,(H,44,46)/t28-,30-/m0/s1. The molecule has 0 saturated carbocycles. The molecule has 260 valence electrons. The zero-order chi connectivity index (χ0) is 35.3. The van der Waals surface area contributed by atoms with E-state index in [1.54, 1.807) is 0 Å². The van der Waals surface area contributed by atoms with E-state index >= 15 is 4.39 Å². The first-order chi connectivity index (χ1) is 23.2. The Morgan fingerprint density at radius 3 is 2.24 bits per heavy atom. The summed E-state index contributed by atoms with van der Waals surface area (Å²) in [6, 6.07) is 11.1. The van der Waals surface area contributed by atoms with Crippen LogP contribution in [0.5, 0.6) is 0 Å². The van der Waals surface area contributed by atoms with Crippen molar-refractivity contribution in [3.8, 4) is 0 Å². The Hall–Kier alpha value is -4.34. The number of alkyl halides is 3. The molecule has 4 aromatic rings. The van der Waals surface area contributed by atoms with Crippen LogP contribution in [0.3, 0.4) is 0 Å². The number of halogens is 7. The van der Waals surface area contributed by atoms with Crippen LogP contribution in [0.4, 0.5) is 36.4 Å². The molecule has 0 bridgehead atoms. The van der Waals surface area contributed by atoms with Crippen molar-refractivity contribution in [2.45, 2.75) is 43.2 Å². The van der Waals surface area contributed by atoms with Crippen molar-refractivity contribution in [2.24, 2.45) is 0 Å². The van der Waals surface area contributed by atoms with Gasteiger partial charge in [-0.2, -0.15) is 17.5 Å². The normalized spacial score (nSPS) is 16.3. The van der Waals surface area contributed by atoms with E-state index in [9.17, 15) is 39.6 Å². The van der Waals surface area contributed by atoms with Crippen molar-refractivity contribution in [1.29, 1.82) is 0 Å². The van der Waals surface area contributed by atoms with Crippen LogP contribution in [0.2, 0.25) is 0 Å². The Bertz CT molecular complexity index is 1870. The molecular weight excluding hydrogens is 677 g/mol. The van der Waals surface area contributed by atoms with Gasteiger partial charge in [0.05, 0.1) is 29.4 Å². The third-order valence-corrected chi connectivity index (χ3v) is 10.1. The highest BCUT2D eigenvalue weighted by Crippen LogP contribution is 2.32. The minimum atomic E-state index is -4.56. The van der Waals surface area contributed by atoms with Crippen LogP contribution in [-0.2, 0) is 33.2 Å². The van der Waals surface area contributed by atoms with Crippen molar-refractivity contribution >= 4 is 21.6 Å². The number of amides is 1. The highest BCUT2D eigenvalue weighted by molar-refractivity contribution is 7.88. The highest BCUT2D eigenvalue weighted by atomic mass is 32.2. The maximum absolute atomic E-state index is 15.1. The van der Waals surface area contributed by atoms with E-state index in [4.69, 9.17) is 0 Å². The lowest BCUT2D eigenvalue weighted by Gasteiger charge is -2.35. The summed E-state index contributed by atoms with van der Waals surface area (Å²) in [4.78, 5) is 17.1. The fourth-order valence-electron chi connectivity index (χ4n) is 5.86. The summed E-state index contributed by atoms with van der Waals surface area (Å²) < 4.78 is 124. The van der Waals surface area contributed by atoms with Gasteiger partial charge in [-0.05, 0) is 65.9 Å². The maximum atomic E-state index is 15.1. The predicted octanol–water partition coefficient (Wildman–Crippen LogP) is 6.55. The number of benzene rings is 3. The number of aromatic nitrogens is 1. The van der Waals surface area contributed by atoms with Crippen molar-refractivity contribution in [3.05, 3.63) is 130 Å². The molecule has 0 aliphatic carbocycles. The van der Waals surface area contributed by atoms with E-state index in [1.807, 2.05) is 0 Å². The average molecular weight is 709 g/mol. The van der Waals surface area contributed by atoms with Crippen LogP contribution < -0.4 is 10.6 Å². The zero-order valence-corrected chi connectivity index (χ0v) is 26.6. The van der Waals surface area contributed by atoms with Crippen LogP contribution in [0.1, 0.15) is 46.6 Å². The number of pyridine rings is 1. The molecule has 1 aliphatic rings. The fourth-order valence-corrected chi connectivity index (χ4v) is 7.64. The molecule has 7 nitrogen and oxygen atoms in total. The predicted molar refractivity (Wildman–Crippen MR) is 168 cm³/mol. The molecule has 3 aromatic carbocycles. The molecule has 1 aliphatic heterocycles. The number of nitrogens with one attached hydrogen (secondary N) is 2. The summed E-state index contributed by atoms with van der Waals surface area (Å²) in [5, 5.41) is 5.71. The first-order valence-corrected chi connectivity index (χ1v) is 16.8. The summed E-state index contributed by atoms with van der Waals surface area (Å²) in [5.74, 6) is -5.13. The van der Waals surface area contributed by atoms with E-state index in [0.29, 0.717) is 18.2 Å². The lowest BCUT2D eigenvalue weighted by Crippen LogP contribution is -2.53. The Labute approximate surface area is 278 Å². The Balaban J connectivity index is 1.31. The Morgan fingerprint density at radius 1 is 0.918 bits per heavy atom. The van der Waals surface area contributed by atoms with Gasteiger partial charge in [-0.15, -0.1) is 0 Å². The number of rotatable bonds is 11. The number of anilines is 1. The van der Waals surface area contributed by atoms with Crippen molar-refractivity contribution < 1.29 is 43.9 Å². The summed E-state index contributed by atoms with van der Waals surface area (Å²) in [5.41, 5.74) is -0.138. The number of hydrogen-bond acceptors (Lipinski definition) is 5. The molecule has 2 heterocycles. The molecule has 49 heavy (non-hydrogen) atoms. The van der Waals surface area contributed by atoms with Gasteiger partial charge in [-0.1, -0.05) is 24.3 Å². The number of piperazine rings is 1. The monoisotopic (exact) mass is 708 g/mol. The molecule has 0 radical (unpaired) electrons. The molecule has 0 spiro atoms. The van der Waals surface area contributed by atoms with Gasteiger partial charge >= 0.3 is 6.18 Å². The van der Waals surface area contributed by atoms with E-state index in [1.165, 1.54) is 22.6 Å². The number of nitrogens with zero attached hydrogens (tertiary/aromatic N) is 2. The SMILES string of the molecule is O=C(C[C@@H](c1ccc(F)cc1)c1cc(F)cc(F)c1)Nc1cncc(F)c1CC[C@H]1CNCCN1S(=O)(=O)Cc1ccc(C(F)(F)F)cc1. The van der Waals surface area contributed by atoms with Gasteiger partial charge in [-0.3, -0.25) is 9.78 Å². The number of carbonyl (C=O) groups is 1. The van der Waals surface area contributed by atoms with Gasteiger partial charge < -0.3 is 10.6 Å². The summed E-state index contributed by atoms with van der Waals surface area (Å²) >= 11 is 0. The average Bonchev–Trinajstić information content (AvgIpc) is 3.03. The van der Waals surface area contributed by atoms with Crippen LogP contribution >= 0.6 is 0 Å². The molecule has 1 saturated heterocycles. The Morgan fingerprint density at radius 2 is 1.59 bits per heavy atom. The van der Waals surface area contributed by atoms with Gasteiger partial charge in [0.2, 0.25) is 15.9 Å².